The highest BCUT2D eigenvalue weighted by molar-refractivity contribution is 5.35. The Morgan fingerprint density at radius 1 is 1.07 bits per heavy atom. The second-order valence-electron chi connectivity index (χ2n) is 8.99. The fraction of sp³-hybridized carbons (Fsp3) is 0.500. The van der Waals surface area contributed by atoms with E-state index in [1.807, 2.05) is 12.1 Å². The van der Waals surface area contributed by atoms with Crippen molar-refractivity contribution in [2.24, 2.45) is 5.92 Å². The van der Waals surface area contributed by atoms with Gasteiger partial charge in [-0.2, -0.15) is 0 Å². The smallest absolute Gasteiger partial charge is 0.159 e. The molecule has 156 valence electrons. The van der Waals surface area contributed by atoms with E-state index in [-0.39, 0.29) is 5.60 Å². The van der Waals surface area contributed by atoms with Gasteiger partial charge in [0.15, 0.2) is 11.6 Å². The second kappa shape index (κ2) is 8.41. The molecule has 1 spiro atoms. The molecule has 0 saturated heterocycles. The monoisotopic (exact) mass is 400 g/mol. The summed E-state index contributed by atoms with van der Waals surface area (Å²) in [5.41, 5.74) is 1.73. The number of para-hydroxylation sites is 1. The average molecular weight is 401 g/mol. The van der Waals surface area contributed by atoms with Gasteiger partial charge in [-0.05, 0) is 69.5 Å². The molecule has 0 radical (unpaired) electrons. The maximum absolute atomic E-state index is 13.7. The molecule has 0 aromatic heterocycles. The van der Waals surface area contributed by atoms with Gasteiger partial charge in [0.25, 0.3) is 0 Å². The highest BCUT2D eigenvalue weighted by Crippen LogP contribution is 2.40. The summed E-state index contributed by atoms with van der Waals surface area (Å²) in [5, 5.41) is 0. The molecule has 1 heterocycles. The van der Waals surface area contributed by atoms with E-state index in [1.54, 1.807) is 6.07 Å². The molecule has 3 nitrogen and oxygen atoms in total. The fourth-order valence-electron chi connectivity index (χ4n) is 4.87. The Morgan fingerprint density at radius 3 is 2.55 bits per heavy atom. The number of fused-ring (bicyclic) bond motifs is 1. The van der Waals surface area contributed by atoms with E-state index in [1.165, 1.54) is 12.1 Å². The summed E-state index contributed by atoms with van der Waals surface area (Å²) in [5.74, 6) is 0.0885. The fourth-order valence-corrected chi connectivity index (χ4v) is 4.87. The van der Waals surface area contributed by atoms with Gasteiger partial charge < -0.3 is 9.64 Å². The third-order valence-corrected chi connectivity index (χ3v) is 6.23. The number of nitrogens with zero attached hydrogens (tertiary/aromatic N) is 2. The SMILES string of the molecule is CN(C)CC1CCC2(CC1)CN(Cc1ccc(F)c(F)c1)Cc1ccccc1O2. The molecule has 29 heavy (non-hydrogen) atoms. The molecule has 0 amide bonds. The molecule has 1 saturated carbocycles. The van der Waals surface area contributed by atoms with Crippen molar-refractivity contribution in [3.05, 3.63) is 65.2 Å². The molecular weight excluding hydrogens is 370 g/mol. The van der Waals surface area contributed by atoms with E-state index in [2.05, 4.69) is 36.0 Å². The van der Waals surface area contributed by atoms with Crippen LogP contribution in [0.3, 0.4) is 0 Å². The molecule has 0 bridgehead atoms. The van der Waals surface area contributed by atoms with Crippen LogP contribution < -0.4 is 4.74 Å². The average Bonchev–Trinajstić information content (AvgIpc) is 2.82. The zero-order valence-corrected chi connectivity index (χ0v) is 17.3. The quantitative estimate of drug-likeness (QED) is 0.730. The molecule has 0 N–H and O–H groups in total. The van der Waals surface area contributed by atoms with E-state index >= 15 is 0 Å². The van der Waals surface area contributed by atoms with Gasteiger partial charge >= 0.3 is 0 Å². The number of halogens is 2. The van der Waals surface area contributed by atoms with E-state index < -0.39 is 11.6 Å². The number of benzene rings is 2. The topological polar surface area (TPSA) is 15.7 Å². The lowest BCUT2D eigenvalue weighted by molar-refractivity contribution is -0.0114. The van der Waals surface area contributed by atoms with Gasteiger partial charge in [-0.25, -0.2) is 8.78 Å². The van der Waals surface area contributed by atoms with Gasteiger partial charge in [-0.15, -0.1) is 0 Å². The zero-order valence-electron chi connectivity index (χ0n) is 17.3. The maximum atomic E-state index is 13.7. The van der Waals surface area contributed by atoms with Crippen molar-refractivity contribution in [1.82, 2.24) is 9.80 Å². The molecule has 1 fully saturated rings. The Morgan fingerprint density at radius 2 is 1.83 bits per heavy atom. The molecule has 5 heteroatoms. The van der Waals surface area contributed by atoms with Crippen LogP contribution in [0.15, 0.2) is 42.5 Å². The van der Waals surface area contributed by atoms with Crippen LogP contribution in [0.25, 0.3) is 0 Å². The van der Waals surface area contributed by atoms with Crippen molar-refractivity contribution in [2.45, 2.75) is 44.4 Å². The Hall–Kier alpha value is -1.98. The first-order chi connectivity index (χ1) is 13.9. The summed E-state index contributed by atoms with van der Waals surface area (Å²) >= 11 is 0. The van der Waals surface area contributed by atoms with Crippen LogP contribution in [0.1, 0.15) is 36.8 Å². The maximum Gasteiger partial charge on any atom is 0.159 e. The summed E-state index contributed by atoms with van der Waals surface area (Å²) in [7, 11) is 4.26. The molecule has 1 aliphatic carbocycles. The summed E-state index contributed by atoms with van der Waals surface area (Å²) < 4.78 is 33.7. The molecule has 4 rings (SSSR count). The predicted molar refractivity (Wildman–Crippen MR) is 111 cm³/mol. The second-order valence-corrected chi connectivity index (χ2v) is 8.99. The van der Waals surface area contributed by atoms with Crippen LogP contribution in [0, 0.1) is 17.6 Å². The summed E-state index contributed by atoms with van der Waals surface area (Å²) in [6, 6.07) is 12.4. The summed E-state index contributed by atoms with van der Waals surface area (Å²) in [6.07, 6.45) is 4.35. The van der Waals surface area contributed by atoms with Crippen LogP contribution in [-0.2, 0) is 13.1 Å². The molecule has 0 unspecified atom stereocenters. The first-order valence-electron chi connectivity index (χ1n) is 10.5. The minimum atomic E-state index is -0.797. The molecule has 0 atom stereocenters. The lowest BCUT2D eigenvalue weighted by Gasteiger charge is -2.42. The van der Waals surface area contributed by atoms with Gasteiger partial charge in [0.05, 0.1) is 0 Å². The first kappa shape index (κ1) is 20.3. The number of hydrogen-bond donors (Lipinski definition) is 0. The first-order valence-corrected chi connectivity index (χ1v) is 10.5. The normalized spacial score (nSPS) is 24.9. The van der Waals surface area contributed by atoms with Crippen molar-refractivity contribution >= 4 is 0 Å². The van der Waals surface area contributed by atoms with Gasteiger partial charge in [0, 0.05) is 31.7 Å². The van der Waals surface area contributed by atoms with Crippen molar-refractivity contribution in [3.63, 3.8) is 0 Å². The molecule has 2 aliphatic rings. The standard InChI is InChI=1S/C24H30F2N2O/c1-27(2)14-18-9-11-24(12-10-18)17-28(15-19-7-8-21(25)22(26)13-19)16-20-5-3-4-6-23(20)29-24/h3-8,13,18H,9-12,14-17H2,1-2H3. The van der Waals surface area contributed by atoms with E-state index in [0.29, 0.717) is 12.5 Å². The number of hydrogen-bond acceptors (Lipinski definition) is 3. The molecule has 1 aliphatic heterocycles. The highest BCUT2D eigenvalue weighted by Gasteiger charge is 2.41. The van der Waals surface area contributed by atoms with Crippen molar-refractivity contribution < 1.29 is 13.5 Å². The number of rotatable bonds is 4. The lowest BCUT2D eigenvalue weighted by atomic mass is 9.78. The zero-order chi connectivity index (χ0) is 20.4. The Bertz CT molecular complexity index is 847. The van der Waals surface area contributed by atoms with Crippen LogP contribution >= 0.6 is 0 Å². The largest absolute Gasteiger partial charge is 0.486 e. The molecular formula is C24H30F2N2O. The van der Waals surface area contributed by atoms with E-state index in [9.17, 15) is 8.78 Å². The van der Waals surface area contributed by atoms with Crippen molar-refractivity contribution in [2.75, 3.05) is 27.2 Å². The third kappa shape index (κ3) is 4.78. The third-order valence-electron chi connectivity index (χ3n) is 6.23. The molecule has 2 aromatic carbocycles. The van der Waals surface area contributed by atoms with Crippen molar-refractivity contribution in [1.29, 1.82) is 0 Å². The highest BCUT2D eigenvalue weighted by atomic mass is 19.2. The van der Waals surface area contributed by atoms with Gasteiger partial charge in [0.2, 0.25) is 0 Å². The van der Waals surface area contributed by atoms with Crippen LogP contribution in [0.2, 0.25) is 0 Å². The van der Waals surface area contributed by atoms with E-state index in [0.717, 1.165) is 62.2 Å². The van der Waals surface area contributed by atoms with Gasteiger partial charge in [-0.3, -0.25) is 4.90 Å². The van der Waals surface area contributed by atoms with Crippen LogP contribution in [-0.4, -0.2) is 42.6 Å². The predicted octanol–water partition coefficient (Wildman–Crippen LogP) is 4.85. The Kier molecular flexibility index (Phi) is 5.88. The van der Waals surface area contributed by atoms with Crippen LogP contribution in [0.4, 0.5) is 8.78 Å². The minimum Gasteiger partial charge on any atom is -0.486 e. The Labute approximate surface area is 172 Å². The molecule has 2 aromatic rings. The minimum absolute atomic E-state index is 0.214. The van der Waals surface area contributed by atoms with E-state index in [4.69, 9.17) is 4.74 Å². The van der Waals surface area contributed by atoms with Gasteiger partial charge in [0.1, 0.15) is 11.4 Å². The van der Waals surface area contributed by atoms with Gasteiger partial charge in [-0.1, -0.05) is 24.3 Å². The number of ether oxygens (including phenoxy) is 1. The van der Waals surface area contributed by atoms with Crippen LogP contribution in [0.5, 0.6) is 5.75 Å². The summed E-state index contributed by atoms with van der Waals surface area (Å²) in [6.45, 7) is 3.25. The van der Waals surface area contributed by atoms with Crippen molar-refractivity contribution in [3.8, 4) is 5.75 Å². The lowest BCUT2D eigenvalue weighted by Crippen LogP contribution is -2.48. The summed E-state index contributed by atoms with van der Waals surface area (Å²) in [4.78, 5) is 4.59. The Balaban J connectivity index is 1.56.